The van der Waals surface area contributed by atoms with E-state index >= 15 is 0 Å². The van der Waals surface area contributed by atoms with Gasteiger partial charge in [0.15, 0.2) is 0 Å². The Morgan fingerprint density at radius 3 is 2.64 bits per heavy atom. The Morgan fingerprint density at radius 1 is 1.00 bits per heavy atom. The minimum absolute atomic E-state index is 0.0375. The Labute approximate surface area is 209 Å². The summed E-state index contributed by atoms with van der Waals surface area (Å²) in [5, 5.41) is 5.13. The lowest BCUT2D eigenvalue weighted by Crippen LogP contribution is -2.67. The van der Waals surface area contributed by atoms with Crippen LogP contribution in [-0.2, 0) is 13.1 Å². The van der Waals surface area contributed by atoms with E-state index in [-0.39, 0.29) is 11.0 Å². The highest BCUT2D eigenvalue weighted by molar-refractivity contribution is 5.92. The average molecular weight is 487 g/mol. The lowest BCUT2D eigenvalue weighted by molar-refractivity contribution is -0.209. The molecule has 1 N–H and O–H groups in total. The minimum atomic E-state index is -0.840. The maximum atomic E-state index is 13.7. The van der Waals surface area contributed by atoms with Gasteiger partial charge in [-0.2, -0.15) is 0 Å². The Kier molecular flexibility index (Phi) is 4.96. The molecule has 4 aromatic heterocycles. The van der Waals surface area contributed by atoms with Crippen molar-refractivity contribution in [3.63, 3.8) is 0 Å². The van der Waals surface area contributed by atoms with Crippen molar-refractivity contribution in [3.05, 3.63) is 70.8 Å². The molecule has 1 aliphatic heterocycles. The fourth-order valence-corrected chi connectivity index (χ4v) is 6.67. The van der Waals surface area contributed by atoms with E-state index in [1.165, 1.54) is 19.3 Å². The first kappa shape index (κ1) is 22.0. The van der Waals surface area contributed by atoms with Gasteiger partial charge in [0.25, 0.3) is 5.56 Å². The van der Waals surface area contributed by atoms with Crippen LogP contribution in [0.3, 0.4) is 0 Å². The van der Waals surface area contributed by atoms with Crippen molar-refractivity contribution < 1.29 is 4.39 Å². The molecule has 0 unspecified atom stereocenters. The number of alkyl halides is 1. The molecule has 3 saturated carbocycles. The number of halogens is 1. The Hall–Kier alpha value is -3.26. The van der Waals surface area contributed by atoms with Crippen molar-refractivity contribution in [2.75, 3.05) is 24.5 Å². The van der Waals surface area contributed by atoms with Crippen LogP contribution in [0.25, 0.3) is 16.4 Å². The Balaban J connectivity index is 1.08. The van der Waals surface area contributed by atoms with Crippen LogP contribution in [0.15, 0.2) is 54.0 Å². The van der Waals surface area contributed by atoms with Crippen molar-refractivity contribution >= 4 is 22.1 Å². The molecule has 4 fully saturated rings. The first-order chi connectivity index (χ1) is 17.5. The third-order valence-electron chi connectivity index (χ3n) is 8.37. The smallest absolute Gasteiger partial charge is 0.260 e. The van der Waals surface area contributed by atoms with Crippen LogP contribution >= 0.6 is 0 Å². The molecule has 0 aromatic carbocycles. The van der Waals surface area contributed by atoms with Crippen LogP contribution in [0.2, 0.25) is 0 Å². The second-order valence-electron chi connectivity index (χ2n) is 11.2. The predicted octanol–water partition coefficient (Wildman–Crippen LogP) is 4.06. The maximum absolute atomic E-state index is 13.7. The molecule has 0 amide bonds. The highest BCUT2D eigenvalue weighted by atomic mass is 19.1. The molecule has 0 atom stereocenters. The van der Waals surface area contributed by atoms with Gasteiger partial charge in [0, 0.05) is 56.4 Å². The summed E-state index contributed by atoms with van der Waals surface area (Å²) in [5.41, 5.74) is 3.24. The lowest BCUT2D eigenvalue weighted by Gasteiger charge is -2.66. The van der Waals surface area contributed by atoms with Gasteiger partial charge in [-0.1, -0.05) is 6.07 Å². The Morgan fingerprint density at radius 2 is 1.83 bits per heavy atom. The largest absolute Gasteiger partial charge is 0.370 e. The third kappa shape index (κ3) is 3.70. The van der Waals surface area contributed by atoms with Crippen LogP contribution < -0.4 is 15.8 Å². The number of nitrogens with zero attached hydrogens (tertiary/aromatic N) is 5. The molecule has 186 valence electrons. The van der Waals surface area contributed by atoms with Crippen molar-refractivity contribution in [1.29, 1.82) is 0 Å². The number of aromatic nitrogens is 4. The van der Waals surface area contributed by atoms with E-state index in [1.54, 1.807) is 10.8 Å². The van der Waals surface area contributed by atoms with E-state index in [0.29, 0.717) is 11.9 Å². The van der Waals surface area contributed by atoms with Gasteiger partial charge in [-0.25, -0.2) is 9.37 Å². The molecule has 8 rings (SSSR count). The fourth-order valence-electron chi connectivity index (χ4n) is 6.67. The van der Waals surface area contributed by atoms with Crippen molar-refractivity contribution in [2.24, 2.45) is 5.41 Å². The van der Waals surface area contributed by atoms with E-state index < -0.39 is 5.67 Å². The van der Waals surface area contributed by atoms with Crippen LogP contribution in [0.5, 0.6) is 0 Å². The quantitative estimate of drug-likeness (QED) is 0.427. The van der Waals surface area contributed by atoms with Gasteiger partial charge in [0.2, 0.25) is 0 Å². The topological polar surface area (TPSA) is 67.5 Å². The van der Waals surface area contributed by atoms with Crippen LogP contribution in [0.4, 0.5) is 10.1 Å². The highest BCUT2D eigenvalue weighted by Gasteiger charge is 2.68. The zero-order valence-electron chi connectivity index (χ0n) is 20.4. The van der Waals surface area contributed by atoms with E-state index in [1.807, 2.05) is 35.1 Å². The number of fused-ring (bicyclic) bond motifs is 2. The number of piperidine rings is 1. The second-order valence-corrected chi connectivity index (χ2v) is 11.2. The zero-order valence-corrected chi connectivity index (χ0v) is 20.4. The summed E-state index contributed by atoms with van der Waals surface area (Å²) >= 11 is 0. The summed E-state index contributed by atoms with van der Waals surface area (Å²) in [6.07, 6.45) is 15.3. The maximum Gasteiger partial charge on any atom is 0.260 e. The Bertz CT molecular complexity index is 1500. The number of imidazole rings is 1. The molecule has 7 nitrogen and oxygen atoms in total. The number of pyridine rings is 3. The van der Waals surface area contributed by atoms with Gasteiger partial charge in [0.1, 0.15) is 11.3 Å². The van der Waals surface area contributed by atoms with Gasteiger partial charge in [0.05, 0.1) is 29.5 Å². The van der Waals surface area contributed by atoms with Crippen molar-refractivity contribution in [1.82, 2.24) is 24.3 Å². The molecule has 1 saturated heterocycles. The number of nitrogens with one attached hydrogen (secondary N) is 1. The predicted molar refractivity (Wildman–Crippen MR) is 138 cm³/mol. The molecule has 5 heterocycles. The summed E-state index contributed by atoms with van der Waals surface area (Å²) in [4.78, 5) is 24.8. The molecule has 8 heteroatoms. The summed E-state index contributed by atoms with van der Waals surface area (Å²) in [7, 11) is 0. The van der Waals surface area contributed by atoms with Crippen molar-refractivity contribution in [2.45, 2.75) is 57.3 Å². The first-order valence-electron chi connectivity index (χ1n) is 13.1. The average Bonchev–Trinajstić information content (AvgIpc) is 3.26. The normalized spacial score (nSPS) is 25.2. The summed E-state index contributed by atoms with van der Waals surface area (Å²) in [6, 6.07) is 6.13. The standard InChI is InChI=1S/C28H31FN6O/c29-28-16-27(17-28,18-28)19-31-10-20-4-5-25-32-21(15-35(25)13-20)14-34-9-6-22-23(26(34)36)11-30-12-24(22)33-7-2-1-3-8-33/h4-6,9,11-13,15,31H,1-3,7-8,10,14,16-19H2. The van der Waals surface area contributed by atoms with E-state index in [2.05, 4.69) is 27.5 Å². The summed E-state index contributed by atoms with van der Waals surface area (Å²) < 4.78 is 17.5. The van der Waals surface area contributed by atoms with Gasteiger partial charge in [-0.3, -0.25) is 9.78 Å². The van der Waals surface area contributed by atoms with Gasteiger partial charge in [-0.15, -0.1) is 0 Å². The van der Waals surface area contributed by atoms with Gasteiger partial charge in [-0.05, 0) is 61.6 Å². The minimum Gasteiger partial charge on any atom is -0.370 e. The molecule has 3 aliphatic carbocycles. The van der Waals surface area contributed by atoms with Crippen LogP contribution in [0.1, 0.15) is 49.8 Å². The fraction of sp³-hybridized carbons (Fsp3) is 0.464. The molecule has 4 aromatic rings. The van der Waals surface area contributed by atoms with E-state index in [0.717, 1.165) is 73.4 Å². The number of anilines is 1. The van der Waals surface area contributed by atoms with E-state index in [4.69, 9.17) is 4.98 Å². The highest BCUT2D eigenvalue weighted by Crippen LogP contribution is 2.69. The zero-order chi connectivity index (χ0) is 24.3. The molecular formula is C28H31FN6O. The molecule has 4 aliphatic rings. The van der Waals surface area contributed by atoms with Gasteiger partial charge >= 0.3 is 0 Å². The molecule has 2 bridgehead atoms. The molecule has 36 heavy (non-hydrogen) atoms. The summed E-state index contributed by atoms with van der Waals surface area (Å²) in [5.74, 6) is 0. The monoisotopic (exact) mass is 486 g/mol. The van der Waals surface area contributed by atoms with Crippen LogP contribution in [0, 0.1) is 5.41 Å². The van der Waals surface area contributed by atoms with Crippen molar-refractivity contribution in [3.8, 4) is 0 Å². The molecule has 0 spiro atoms. The third-order valence-corrected chi connectivity index (χ3v) is 8.37. The van der Waals surface area contributed by atoms with Gasteiger partial charge < -0.3 is 19.2 Å². The molecule has 0 radical (unpaired) electrons. The van der Waals surface area contributed by atoms with Crippen LogP contribution in [-0.4, -0.2) is 44.2 Å². The number of hydrogen-bond donors (Lipinski definition) is 1. The lowest BCUT2D eigenvalue weighted by atomic mass is 9.42. The summed E-state index contributed by atoms with van der Waals surface area (Å²) in [6.45, 7) is 4.07. The second kappa shape index (κ2) is 8.13. The first-order valence-corrected chi connectivity index (χ1v) is 13.1. The molecular weight excluding hydrogens is 455 g/mol. The number of rotatable bonds is 7. The number of hydrogen-bond acceptors (Lipinski definition) is 5. The SMILES string of the molecule is O=c1c2cncc(N3CCCCC3)c2ccn1Cc1cn2cc(CNCC34CC(F)(C3)C4)ccc2n1. The van der Waals surface area contributed by atoms with E-state index in [9.17, 15) is 9.18 Å².